The molecule has 1 heterocycles. The number of carbonyl (C=O) groups excluding carboxylic acids is 1. The molecule has 0 atom stereocenters. The predicted molar refractivity (Wildman–Crippen MR) is 88.7 cm³/mol. The summed E-state index contributed by atoms with van der Waals surface area (Å²) in [6.45, 7) is 0.481. The van der Waals surface area contributed by atoms with E-state index < -0.39 is 0 Å². The van der Waals surface area contributed by atoms with E-state index in [9.17, 15) is 4.79 Å². The van der Waals surface area contributed by atoms with Gasteiger partial charge < -0.3 is 10.2 Å². The predicted octanol–water partition coefficient (Wildman–Crippen LogP) is 3.81. The van der Waals surface area contributed by atoms with Gasteiger partial charge in [0.15, 0.2) is 0 Å². The molecule has 1 amide bonds. The summed E-state index contributed by atoms with van der Waals surface area (Å²) in [5.41, 5.74) is 1.50. The van der Waals surface area contributed by atoms with Crippen molar-refractivity contribution in [3.05, 3.63) is 57.2 Å². The van der Waals surface area contributed by atoms with E-state index in [2.05, 4.69) is 26.2 Å². The SMILES string of the molecule is CNc1ncc(Br)cc1C(=O)N(C)Cc1cccc(Cl)c1. The van der Waals surface area contributed by atoms with E-state index in [1.165, 1.54) is 0 Å². The van der Waals surface area contributed by atoms with Crippen LogP contribution in [0.2, 0.25) is 5.02 Å². The number of rotatable bonds is 4. The Kier molecular flexibility index (Phi) is 5.20. The zero-order valence-corrected chi connectivity index (χ0v) is 14.1. The minimum absolute atomic E-state index is 0.104. The Hall–Kier alpha value is -1.59. The van der Waals surface area contributed by atoms with Crippen molar-refractivity contribution in [1.82, 2.24) is 9.88 Å². The number of pyridine rings is 1. The highest BCUT2D eigenvalue weighted by Crippen LogP contribution is 2.20. The largest absolute Gasteiger partial charge is 0.372 e. The molecule has 0 saturated carbocycles. The van der Waals surface area contributed by atoms with Crippen LogP contribution in [0.4, 0.5) is 5.82 Å². The van der Waals surface area contributed by atoms with Gasteiger partial charge in [-0.05, 0) is 39.7 Å². The number of nitrogens with zero attached hydrogens (tertiary/aromatic N) is 2. The van der Waals surface area contributed by atoms with Crippen LogP contribution in [0.5, 0.6) is 0 Å². The molecule has 1 aromatic heterocycles. The van der Waals surface area contributed by atoms with Crippen LogP contribution in [0.25, 0.3) is 0 Å². The number of hydrogen-bond donors (Lipinski definition) is 1. The molecule has 0 bridgehead atoms. The van der Waals surface area contributed by atoms with Gasteiger partial charge in [0.1, 0.15) is 5.82 Å². The summed E-state index contributed by atoms with van der Waals surface area (Å²) in [6, 6.07) is 9.23. The van der Waals surface area contributed by atoms with Gasteiger partial charge in [0, 0.05) is 36.3 Å². The molecular formula is C15H15BrClN3O. The van der Waals surface area contributed by atoms with Crippen LogP contribution in [0.15, 0.2) is 41.0 Å². The lowest BCUT2D eigenvalue weighted by molar-refractivity contribution is 0.0785. The molecule has 21 heavy (non-hydrogen) atoms. The summed E-state index contributed by atoms with van der Waals surface area (Å²) in [7, 11) is 3.49. The van der Waals surface area contributed by atoms with Crippen LogP contribution in [0, 0.1) is 0 Å². The smallest absolute Gasteiger partial charge is 0.257 e. The van der Waals surface area contributed by atoms with Crippen LogP contribution in [0.1, 0.15) is 15.9 Å². The van der Waals surface area contributed by atoms with Gasteiger partial charge in [-0.15, -0.1) is 0 Å². The fraction of sp³-hybridized carbons (Fsp3) is 0.200. The lowest BCUT2D eigenvalue weighted by Crippen LogP contribution is -2.27. The number of nitrogens with one attached hydrogen (secondary N) is 1. The van der Waals surface area contributed by atoms with E-state index in [1.54, 1.807) is 31.3 Å². The van der Waals surface area contributed by atoms with Crippen molar-refractivity contribution in [2.45, 2.75) is 6.54 Å². The van der Waals surface area contributed by atoms with Gasteiger partial charge in [0.2, 0.25) is 0 Å². The van der Waals surface area contributed by atoms with Crippen LogP contribution in [-0.4, -0.2) is 29.9 Å². The second kappa shape index (κ2) is 6.91. The van der Waals surface area contributed by atoms with Gasteiger partial charge >= 0.3 is 0 Å². The topological polar surface area (TPSA) is 45.2 Å². The van der Waals surface area contributed by atoms with Gasteiger partial charge in [-0.2, -0.15) is 0 Å². The van der Waals surface area contributed by atoms with Crippen molar-refractivity contribution < 1.29 is 4.79 Å². The quantitative estimate of drug-likeness (QED) is 0.892. The van der Waals surface area contributed by atoms with Gasteiger partial charge in [0.05, 0.1) is 5.56 Å². The van der Waals surface area contributed by atoms with E-state index in [0.29, 0.717) is 22.9 Å². The minimum atomic E-state index is -0.104. The summed E-state index contributed by atoms with van der Waals surface area (Å²) < 4.78 is 0.765. The Morgan fingerprint density at radius 3 is 2.86 bits per heavy atom. The molecule has 2 rings (SSSR count). The number of benzene rings is 1. The minimum Gasteiger partial charge on any atom is -0.372 e. The summed E-state index contributed by atoms with van der Waals surface area (Å²) in [4.78, 5) is 18.4. The average molecular weight is 369 g/mol. The highest BCUT2D eigenvalue weighted by molar-refractivity contribution is 9.10. The monoisotopic (exact) mass is 367 g/mol. The zero-order chi connectivity index (χ0) is 15.4. The van der Waals surface area contributed by atoms with E-state index in [-0.39, 0.29) is 5.91 Å². The second-order valence-electron chi connectivity index (χ2n) is 4.59. The summed E-state index contributed by atoms with van der Waals surface area (Å²) >= 11 is 9.30. The zero-order valence-electron chi connectivity index (χ0n) is 11.7. The van der Waals surface area contributed by atoms with Gasteiger partial charge in [-0.1, -0.05) is 23.7 Å². The number of amides is 1. The van der Waals surface area contributed by atoms with Crippen molar-refractivity contribution >= 4 is 39.3 Å². The molecule has 6 heteroatoms. The number of hydrogen-bond acceptors (Lipinski definition) is 3. The molecule has 0 aliphatic carbocycles. The molecule has 0 unspecified atom stereocenters. The van der Waals surface area contributed by atoms with Crippen molar-refractivity contribution in [3.8, 4) is 0 Å². The molecule has 0 fully saturated rings. The van der Waals surface area contributed by atoms with E-state index >= 15 is 0 Å². The fourth-order valence-electron chi connectivity index (χ4n) is 1.99. The molecule has 110 valence electrons. The lowest BCUT2D eigenvalue weighted by Gasteiger charge is -2.19. The van der Waals surface area contributed by atoms with Gasteiger partial charge in [-0.25, -0.2) is 4.98 Å². The van der Waals surface area contributed by atoms with Crippen molar-refractivity contribution in [1.29, 1.82) is 0 Å². The summed E-state index contributed by atoms with van der Waals surface area (Å²) in [5, 5.41) is 3.59. The highest BCUT2D eigenvalue weighted by atomic mass is 79.9. The number of carbonyl (C=O) groups is 1. The Bertz CT molecular complexity index is 663. The average Bonchev–Trinajstić information content (AvgIpc) is 2.46. The van der Waals surface area contributed by atoms with Crippen molar-refractivity contribution in [2.75, 3.05) is 19.4 Å². The molecule has 0 aliphatic rings. The molecule has 1 N–H and O–H groups in total. The molecule has 0 spiro atoms. The number of aromatic nitrogens is 1. The summed E-state index contributed by atoms with van der Waals surface area (Å²) in [6.07, 6.45) is 1.65. The third-order valence-corrected chi connectivity index (χ3v) is 3.65. The van der Waals surface area contributed by atoms with Crippen molar-refractivity contribution in [3.63, 3.8) is 0 Å². The Balaban J connectivity index is 2.21. The normalized spacial score (nSPS) is 10.3. The molecule has 0 aliphatic heterocycles. The first-order valence-corrected chi connectivity index (χ1v) is 7.51. The van der Waals surface area contributed by atoms with Gasteiger partial charge in [-0.3, -0.25) is 4.79 Å². The molecule has 2 aromatic rings. The highest BCUT2D eigenvalue weighted by Gasteiger charge is 2.17. The van der Waals surface area contributed by atoms with Gasteiger partial charge in [0.25, 0.3) is 5.91 Å². The molecule has 1 aromatic carbocycles. The molecule has 0 radical (unpaired) electrons. The van der Waals surface area contributed by atoms with E-state index in [0.717, 1.165) is 10.0 Å². The van der Waals surface area contributed by atoms with Crippen molar-refractivity contribution in [2.24, 2.45) is 0 Å². The van der Waals surface area contributed by atoms with E-state index in [4.69, 9.17) is 11.6 Å². The lowest BCUT2D eigenvalue weighted by atomic mass is 10.2. The van der Waals surface area contributed by atoms with Crippen LogP contribution >= 0.6 is 27.5 Å². The fourth-order valence-corrected chi connectivity index (χ4v) is 2.53. The number of halogens is 2. The van der Waals surface area contributed by atoms with Crippen LogP contribution in [-0.2, 0) is 6.54 Å². The van der Waals surface area contributed by atoms with Crippen LogP contribution in [0.3, 0.4) is 0 Å². The maximum atomic E-state index is 12.6. The summed E-state index contributed by atoms with van der Waals surface area (Å²) in [5.74, 6) is 0.453. The first-order chi connectivity index (χ1) is 10.0. The molecule has 0 saturated heterocycles. The van der Waals surface area contributed by atoms with Crippen LogP contribution < -0.4 is 5.32 Å². The molecule has 4 nitrogen and oxygen atoms in total. The first-order valence-electron chi connectivity index (χ1n) is 6.34. The van der Waals surface area contributed by atoms with E-state index in [1.807, 2.05) is 24.3 Å². The molecular weight excluding hydrogens is 354 g/mol. The Morgan fingerprint density at radius 2 is 2.19 bits per heavy atom. The third-order valence-electron chi connectivity index (χ3n) is 2.98. The number of anilines is 1. The Morgan fingerprint density at radius 1 is 1.43 bits per heavy atom. The second-order valence-corrected chi connectivity index (χ2v) is 5.94. The third kappa shape index (κ3) is 3.95. The first kappa shape index (κ1) is 15.8. The standard InChI is InChI=1S/C15H15BrClN3O/c1-18-14-13(7-11(16)8-19-14)15(21)20(2)9-10-4-3-5-12(17)6-10/h3-8H,9H2,1-2H3,(H,18,19). The maximum Gasteiger partial charge on any atom is 0.257 e. The maximum absolute atomic E-state index is 12.6. The Labute approximate surface area is 137 Å².